The van der Waals surface area contributed by atoms with E-state index in [1.165, 1.54) is 12.1 Å². The number of fused-ring (bicyclic) bond motifs is 1. The van der Waals surface area contributed by atoms with E-state index in [2.05, 4.69) is 22.0 Å². The molecule has 0 spiro atoms. The summed E-state index contributed by atoms with van der Waals surface area (Å²) in [5.41, 5.74) is 2.31. The van der Waals surface area contributed by atoms with Crippen molar-refractivity contribution in [2.45, 2.75) is 12.7 Å². The van der Waals surface area contributed by atoms with Gasteiger partial charge in [0.05, 0.1) is 17.5 Å². The van der Waals surface area contributed by atoms with Gasteiger partial charge in [0.15, 0.2) is 5.65 Å². The maximum absolute atomic E-state index is 12.8. The lowest BCUT2D eigenvalue weighted by Crippen LogP contribution is -2.08. The summed E-state index contributed by atoms with van der Waals surface area (Å²) in [5, 5.41) is 17.7. The number of anilines is 1. The van der Waals surface area contributed by atoms with Crippen LogP contribution in [-0.4, -0.2) is 19.7 Å². The summed E-state index contributed by atoms with van der Waals surface area (Å²) in [7, 11) is 0. The van der Waals surface area contributed by atoms with Crippen LogP contribution >= 0.6 is 0 Å². The molecule has 0 saturated carbocycles. The lowest BCUT2D eigenvalue weighted by atomic mass is 10.1. The minimum atomic E-state index is -4.37. The quantitative estimate of drug-likeness (QED) is 0.464. The largest absolute Gasteiger partial charge is 0.507 e. The van der Waals surface area contributed by atoms with Crippen LogP contribution in [-0.2, 0) is 12.7 Å². The topological polar surface area (TPSA) is 62.5 Å². The average molecular weight is 410 g/mol. The van der Waals surface area contributed by atoms with E-state index in [0.29, 0.717) is 33.8 Å². The predicted octanol–water partition coefficient (Wildman–Crippen LogP) is 5.38. The van der Waals surface area contributed by atoms with Crippen molar-refractivity contribution in [3.05, 3.63) is 84.1 Å². The Bertz CT molecular complexity index is 1210. The monoisotopic (exact) mass is 410 g/mol. The number of aromatic nitrogens is 3. The van der Waals surface area contributed by atoms with Gasteiger partial charge in [-0.2, -0.15) is 22.8 Å². The van der Waals surface area contributed by atoms with Crippen molar-refractivity contribution in [1.29, 1.82) is 0 Å². The van der Waals surface area contributed by atoms with Crippen LogP contribution in [0, 0.1) is 0 Å². The fourth-order valence-electron chi connectivity index (χ4n) is 3.08. The predicted molar refractivity (Wildman–Crippen MR) is 109 cm³/mol. The maximum Gasteiger partial charge on any atom is 0.416 e. The van der Waals surface area contributed by atoms with E-state index in [1.54, 1.807) is 47.1 Å². The Morgan fingerprint density at radius 2 is 1.83 bits per heavy atom. The van der Waals surface area contributed by atoms with Crippen molar-refractivity contribution in [3.63, 3.8) is 0 Å². The molecule has 0 atom stereocenters. The molecular weight excluding hydrogens is 393 g/mol. The van der Waals surface area contributed by atoms with Gasteiger partial charge in [0, 0.05) is 23.7 Å². The summed E-state index contributed by atoms with van der Waals surface area (Å²) >= 11 is 0. The second-order valence-corrected chi connectivity index (χ2v) is 6.63. The van der Waals surface area contributed by atoms with E-state index in [9.17, 15) is 18.3 Å². The smallest absolute Gasteiger partial charge is 0.416 e. The highest BCUT2D eigenvalue weighted by Gasteiger charge is 2.29. The van der Waals surface area contributed by atoms with Gasteiger partial charge in [-0.3, -0.25) is 0 Å². The summed E-state index contributed by atoms with van der Waals surface area (Å²) in [4.78, 5) is 4.60. The van der Waals surface area contributed by atoms with Crippen LogP contribution in [0.1, 0.15) is 16.7 Å². The van der Waals surface area contributed by atoms with Crippen LogP contribution in [0.15, 0.2) is 67.4 Å². The fraction of sp³-hybridized carbons (Fsp3) is 0.0909. The number of halogens is 3. The van der Waals surface area contributed by atoms with Crippen molar-refractivity contribution in [2.75, 3.05) is 5.32 Å². The molecule has 4 rings (SSSR count). The third kappa shape index (κ3) is 3.71. The maximum atomic E-state index is 12.8. The fourth-order valence-corrected chi connectivity index (χ4v) is 3.08. The van der Waals surface area contributed by atoms with E-state index in [0.717, 1.165) is 12.1 Å². The van der Waals surface area contributed by atoms with Gasteiger partial charge in [-0.1, -0.05) is 36.9 Å². The molecule has 2 N–H and O–H groups in total. The molecule has 2 aromatic carbocycles. The van der Waals surface area contributed by atoms with Gasteiger partial charge in [0.25, 0.3) is 0 Å². The Balaban J connectivity index is 1.70. The Labute approximate surface area is 170 Å². The van der Waals surface area contributed by atoms with Crippen LogP contribution in [0.25, 0.3) is 23.0 Å². The number of phenolic OH excluding ortho intramolecular Hbond substituents is 1. The number of aromatic hydroxyl groups is 1. The average Bonchev–Trinajstić information content (AvgIpc) is 3.15. The second kappa shape index (κ2) is 7.55. The van der Waals surface area contributed by atoms with Gasteiger partial charge >= 0.3 is 6.18 Å². The lowest BCUT2D eigenvalue weighted by molar-refractivity contribution is -0.137. The Hall–Kier alpha value is -3.81. The standard InChI is InChI=1S/C22H17F3N4O/c1-2-15-13-27-29-20(26-12-14-7-9-16(10-8-14)22(23,24)25)11-18(28-21(15)29)17-5-3-4-6-19(17)30/h2-11,13,26,30H,1,12H2. The second-order valence-electron chi connectivity index (χ2n) is 6.63. The van der Waals surface area contributed by atoms with Crippen molar-refractivity contribution >= 4 is 17.5 Å². The van der Waals surface area contributed by atoms with E-state index < -0.39 is 11.7 Å². The highest BCUT2D eigenvalue weighted by atomic mass is 19.4. The summed E-state index contributed by atoms with van der Waals surface area (Å²) in [6, 6.07) is 13.5. The molecule has 5 nitrogen and oxygen atoms in total. The van der Waals surface area contributed by atoms with Crippen LogP contribution in [0.3, 0.4) is 0 Å². The zero-order chi connectivity index (χ0) is 21.3. The molecule has 4 aromatic rings. The molecule has 0 amide bonds. The molecule has 8 heteroatoms. The van der Waals surface area contributed by atoms with Gasteiger partial charge in [-0.15, -0.1) is 0 Å². The van der Waals surface area contributed by atoms with E-state index in [1.807, 2.05) is 0 Å². The molecule has 152 valence electrons. The number of nitrogens with one attached hydrogen (secondary N) is 1. The van der Waals surface area contributed by atoms with Gasteiger partial charge in [-0.05, 0) is 29.8 Å². The van der Waals surface area contributed by atoms with Gasteiger partial charge in [0.2, 0.25) is 0 Å². The molecule has 0 saturated heterocycles. The zero-order valence-corrected chi connectivity index (χ0v) is 15.7. The van der Waals surface area contributed by atoms with Crippen molar-refractivity contribution in [1.82, 2.24) is 14.6 Å². The van der Waals surface area contributed by atoms with Crippen molar-refractivity contribution in [2.24, 2.45) is 0 Å². The van der Waals surface area contributed by atoms with E-state index in [-0.39, 0.29) is 12.3 Å². The summed E-state index contributed by atoms with van der Waals surface area (Å²) in [6.45, 7) is 4.05. The van der Waals surface area contributed by atoms with E-state index >= 15 is 0 Å². The third-order valence-corrected chi connectivity index (χ3v) is 4.65. The third-order valence-electron chi connectivity index (χ3n) is 4.65. The Morgan fingerprint density at radius 1 is 1.10 bits per heavy atom. The molecule has 2 heterocycles. The van der Waals surface area contributed by atoms with Gasteiger partial charge in [0.1, 0.15) is 11.6 Å². The minimum absolute atomic E-state index is 0.0858. The van der Waals surface area contributed by atoms with Crippen LogP contribution in [0.2, 0.25) is 0 Å². The molecular formula is C22H17F3N4O. The summed E-state index contributed by atoms with van der Waals surface area (Å²) < 4.78 is 39.9. The molecule has 0 aliphatic rings. The number of hydrogen-bond acceptors (Lipinski definition) is 4. The molecule has 0 bridgehead atoms. The molecule has 0 fully saturated rings. The van der Waals surface area contributed by atoms with Gasteiger partial charge in [-0.25, -0.2) is 4.98 Å². The van der Waals surface area contributed by atoms with Crippen LogP contribution < -0.4 is 5.32 Å². The number of para-hydroxylation sites is 1. The highest BCUT2D eigenvalue weighted by Crippen LogP contribution is 2.31. The van der Waals surface area contributed by atoms with Crippen LogP contribution in [0.5, 0.6) is 5.75 Å². The number of nitrogens with zero attached hydrogens (tertiary/aromatic N) is 3. The molecule has 0 aliphatic heterocycles. The molecule has 0 aliphatic carbocycles. The van der Waals surface area contributed by atoms with Gasteiger partial charge < -0.3 is 10.4 Å². The Kier molecular flexibility index (Phi) is 4.91. The van der Waals surface area contributed by atoms with Crippen molar-refractivity contribution in [3.8, 4) is 17.0 Å². The summed E-state index contributed by atoms with van der Waals surface area (Å²) in [6.07, 6.45) is -1.12. The number of phenols is 1. The number of alkyl halides is 3. The number of hydrogen-bond donors (Lipinski definition) is 2. The highest BCUT2D eigenvalue weighted by molar-refractivity contribution is 5.74. The zero-order valence-electron chi connectivity index (χ0n) is 15.7. The number of rotatable bonds is 5. The van der Waals surface area contributed by atoms with E-state index in [4.69, 9.17) is 0 Å². The van der Waals surface area contributed by atoms with Crippen LogP contribution in [0.4, 0.5) is 19.0 Å². The summed E-state index contributed by atoms with van der Waals surface area (Å²) in [5.74, 6) is 0.661. The first kappa shape index (κ1) is 19.5. The first-order chi connectivity index (χ1) is 14.4. The SMILES string of the molecule is C=Cc1cnn2c(NCc3ccc(C(F)(F)F)cc3)cc(-c3ccccc3O)nc12. The first-order valence-corrected chi connectivity index (χ1v) is 9.06. The van der Waals surface area contributed by atoms with Crippen molar-refractivity contribution < 1.29 is 18.3 Å². The Morgan fingerprint density at radius 3 is 2.50 bits per heavy atom. The number of benzene rings is 2. The first-order valence-electron chi connectivity index (χ1n) is 9.06. The molecule has 2 aromatic heterocycles. The molecule has 0 radical (unpaired) electrons. The normalized spacial score (nSPS) is 11.6. The minimum Gasteiger partial charge on any atom is -0.507 e. The molecule has 30 heavy (non-hydrogen) atoms. The lowest BCUT2D eigenvalue weighted by Gasteiger charge is -2.12. The molecule has 0 unspecified atom stereocenters.